The molecule has 5 nitrogen and oxygen atoms in total. The van der Waals surface area contributed by atoms with Crippen LogP contribution in [0.15, 0.2) is 28.7 Å². The van der Waals surface area contributed by atoms with E-state index in [4.69, 9.17) is 0 Å². The number of rotatable bonds is 4. The summed E-state index contributed by atoms with van der Waals surface area (Å²) >= 11 is 3.57. The molecule has 0 amide bonds. The third kappa shape index (κ3) is 3.15. The number of benzene rings is 1. The minimum absolute atomic E-state index is 0.639. The normalized spacial score (nSPS) is 14.5. The fourth-order valence-corrected chi connectivity index (χ4v) is 2.89. The Kier molecular flexibility index (Phi) is 4.34. The molecule has 6 heteroatoms. The van der Waals surface area contributed by atoms with Crippen molar-refractivity contribution in [1.82, 2.24) is 15.0 Å². The van der Waals surface area contributed by atoms with Crippen molar-refractivity contribution in [3.63, 3.8) is 0 Å². The van der Waals surface area contributed by atoms with E-state index >= 15 is 0 Å². The minimum Gasteiger partial charge on any atom is -0.354 e. The highest BCUT2D eigenvalue weighted by Crippen LogP contribution is 2.27. The van der Waals surface area contributed by atoms with E-state index in [1.54, 1.807) is 0 Å². The lowest BCUT2D eigenvalue weighted by Crippen LogP contribution is -2.22. The van der Waals surface area contributed by atoms with Crippen LogP contribution >= 0.6 is 15.9 Å². The predicted molar refractivity (Wildman–Crippen MR) is 88.6 cm³/mol. The molecule has 3 rings (SSSR count). The molecule has 0 saturated carbocycles. The monoisotopic (exact) mass is 347 g/mol. The maximum Gasteiger partial charge on any atom is 0.230 e. The summed E-state index contributed by atoms with van der Waals surface area (Å²) < 4.78 is 0.992. The number of hydrogen-bond acceptors (Lipinski definition) is 5. The van der Waals surface area contributed by atoms with Gasteiger partial charge in [-0.15, -0.1) is 0 Å². The van der Waals surface area contributed by atoms with Crippen molar-refractivity contribution in [2.24, 2.45) is 0 Å². The third-order valence-corrected chi connectivity index (χ3v) is 4.15. The summed E-state index contributed by atoms with van der Waals surface area (Å²) in [6.07, 6.45) is 2.40. The molecule has 1 aliphatic heterocycles. The SMILES string of the molecule is CCNc1nc(-c2ccccc2Br)nc(N2CCCC2)n1. The van der Waals surface area contributed by atoms with Crippen LogP contribution < -0.4 is 10.2 Å². The summed E-state index contributed by atoms with van der Waals surface area (Å²) in [5.74, 6) is 2.11. The zero-order valence-electron chi connectivity index (χ0n) is 12.0. The van der Waals surface area contributed by atoms with Crippen LogP contribution in [0.3, 0.4) is 0 Å². The molecule has 2 aromatic rings. The van der Waals surface area contributed by atoms with Crippen LogP contribution in [0, 0.1) is 0 Å². The van der Waals surface area contributed by atoms with Crippen LogP contribution in [0.5, 0.6) is 0 Å². The zero-order valence-corrected chi connectivity index (χ0v) is 13.6. The van der Waals surface area contributed by atoms with Crippen molar-refractivity contribution >= 4 is 27.8 Å². The van der Waals surface area contributed by atoms with Gasteiger partial charge >= 0.3 is 0 Å². The molecular weight excluding hydrogens is 330 g/mol. The second-order valence-electron chi connectivity index (χ2n) is 4.99. The molecule has 1 fully saturated rings. The summed E-state index contributed by atoms with van der Waals surface area (Å²) in [6.45, 7) is 4.87. The first-order chi connectivity index (χ1) is 10.3. The molecule has 110 valence electrons. The molecule has 0 spiro atoms. The Balaban J connectivity index is 2.04. The van der Waals surface area contributed by atoms with E-state index in [9.17, 15) is 0 Å². The van der Waals surface area contributed by atoms with E-state index in [0.29, 0.717) is 11.8 Å². The maximum absolute atomic E-state index is 4.66. The zero-order chi connectivity index (χ0) is 14.7. The topological polar surface area (TPSA) is 53.9 Å². The van der Waals surface area contributed by atoms with Gasteiger partial charge in [0.15, 0.2) is 5.82 Å². The first kappa shape index (κ1) is 14.3. The molecule has 1 saturated heterocycles. The summed E-state index contributed by atoms with van der Waals surface area (Å²) in [7, 11) is 0. The molecule has 0 radical (unpaired) electrons. The molecular formula is C15H18BrN5. The number of nitrogens with one attached hydrogen (secondary N) is 1. The predicted octanol–water partition coefficient (Wildman–Crippen LogP) is 3.33. The first-order valence-corrected chi connectivity index (χ1v) is 8.07. The van der Waals surface area contributed by atoms with Crippen LogP contribution in [0.1, 0.15) is 19.8 Å². The second-order valence-corrected chi connectivity index (χ2v) is 5.84. The van der Waals surface area contributed by atoms with Crippen molar-refractivity contribution in [3.05, 3.63) is 28.7 Å². The van der Waals surface area contributed by atoms with Crippen molar-refractivity contribution < 1.29 is 0 Å². The van der Waals surface area contributed by atoms with Gasteiger partial charge in [0.25, 0.3) is 0 Å². The van der Waals surface area contributed by atoms with E-state index in [1.807, 2.05) is 31.2 Å². The van der Waals surface area contributed by atoms with Crippen LogP contribution in [-0.4, -0.2) is 34.6 Å². The van der Waals surface area contributed by atoms with Gasteiger partial charge in [-0.05, 0) is 25.8 Å². The van der Waals surface area contributed by atoms with Crippen LogP contribution in [0.25, 0.3) is 11.4 Å². The Morgan fingerprint density at radius 2 is 1.90 bits per heavy atom. The molecule has 1 N–H and O–H groups in total. The van der Waals surface area contributed by atoms with Gasteiger partial charge in [0.1, 0.15) is 0 Å². The molecule has 0 bridgehead atoms. The Labute approximate surface area is 133 Å². The molecule has 1 aromatic carbocycles. The standard InChI is InChI=1S/C15H18BrN5/c1-2-17-14-18-13(11-7-3-4-8-12(11)16)19-15(20-14)21-9-5-6-10-21/h3-4,7-8H,2,5-6,9-10H2,1H3,(H,17,18,19,20). The molecule has 1 aromatic heterocycles. The molecule has 0 aliphatic carbocycles. The summed E-state index contributed by atoms with van der Waals surface area (Å²) in [6, 6.07) is 8.00. The number of anilines is 2. The van der Waals surface area contributed by atoms with Gasteiger partial charge in [0.05, 0.1) is 0 Å². The quantitative estimate of drug-likeness (QED) is 0.919. The Morgan fingerprint density at radius 3 is 2.62 bits per heavy atom. The lowest BCUT2D eigenvalue weighted by molar-refractivity contribution is 0.881. The van der Waals surface area contributed by atoms with E-state index in [2.05, 4.69) is 41.1 Å². The molecule has 2 heterocycles. The Bertz CT molecular complexity index is 625. The summed E-state index contributed by atoms with van der Waals surface area (Å²) in [4.78, 5) is 16.0. The maximum atomic E-state index is 4.66. The average Bonchev–Trinajstić information content (AvgIpc) is 3.02. The smallest absolute Gasteiger partial charge is 0.230 e. The molecule has 1 aliphatic rings. The number of halogens is 1. The van der Waals surface area contributed by atoms with E-state index < -0.39 is 0 Å². The third-order valence-electron chi connectivity index (χ3n) is 3.46. The number of hydrogen-bond donors (Lipinski definition) is 1. The van der Waals surface area contributed by atoms with Gasteiger partial charge in [-0.25, -0.2) is 0 Å². The van der Waals surface area contributed by atoms with Crippen LogP contribution in [0.2, 0.25) is 0 Å². The molecule has 0 unspecified atom stereocenters. The van der Waals surface area contributed by atoms with Gasteiger partial charge in [-0.3, -0.25) is 0 Å². The fraction of sp³-hybridized carbons (Fsp3) is 0.400. The highest BCUT2D eigenvalue weighted by Gasteiger charge is 2.18. The summed E-state index contributed by atoms with van der Waals surface area (Å²) in [5.41, 5.74) is 0.986. The summed E-state index contributed by atoms with van der Waals surface area (Å²) in [5, 5.41) is 3.20. The lowest BCUT2D eigenvalue weighted by atomic mass is 10.2. The van der Waals surface area contributed by atoms with Gasteiger partial charge < -0.3 is 10.2 Å². The minimum atomic E-state index is 0.639. The number of aromatic nitrogens is 3. The fourth-order valence-electron chi connectivity index (χ4n) is 2.42. The second kappa shape index (κ2) is 6.39. The highest BCUT2D eigenvalue weighted by molar-refractivity contribution is 9.10. The number of nitrogens with zero attached hydrogens (tertiary/aromatic N) is 4. The largest absolute Gasteiger partial charge is 0.354 e. The van der Waals surface area contributed by atoms with Crippen molar-refractivity contribution in [1.29, 1.82) is 0 Å². The van der Waals surface area contributed by atoms with Gasteiger partial charge in [0.2, 0.25) is 11.9 Å². The first-order valence-electron chi connectivity index (χ1n) is 7.27. The highest BCUT2D eigenvalue weighted by atomic mass is 79.9. The lowest BCUT2D eigenvalue weighted by Gasteiger charge is -2.17. The van der Waals surface area contributed by atoms with E-state index in [0.717, 1.165) is 35.6 Å². The van der Waals surface area contributed by atoms with Gasteiger partial charge in [-0.1, -0.05) is 34.1 Å². The van der Waals surface area contributed by atoms with Gasteiger partial charge in [-0.2, -0.15) is 15.0 Å². The van der Waals surface area contributed by atoms with Crippen LogP contribution in [0.4, 0.5) is 11.9 Å². The Hall–Kier alpha value is -1.69. The molecule has 21 heavy (non-hydrogen) atoms. The van der Waals surface area contributed by atoms with Crippen LogP contribution in [-0.2, 0) is 0 Å². The Morgan fingerprint density at radius 1 is 1.14 bits per heavy atom. The van der Waals surface area contributed by atoms with E-state index in [1.165, 1.54) is 12.8 Å². The average molecular weight is 348 g/mol. The van der Waals surface area contributed by atoms with Crippen molar-refractivity contribution in [3.8, 4) is 11.4 Å². The van der Waals surface area contributed by atoms with Crippen molar-refractivity contribution in [2.75, 3.05) is 29.9 Å². The van der Waals surface area contributed by atoms with Crippen molar-refractivity contribution in [2.45, 2.75) is 19.8 Å². The molecule has 0 atom stereocenters. The van der Waals surface area contributed by atoms with E-state index in [-0.39, 0.29) is 0 Å². The van der Waals surface area contributed by atoms with Gasteiger partial charge in [0, 0.05) is 29.7 Å².